The van der Waals surface area contributed by atoms with E-state index in [2.05, 4.69) is 27.9 Å². The molecule has 0 aromatic heterocycles. The van der Waals surface area contributed by atoms with Crippen LogP contribution in [0.1, 0.15) is 20.8 Å². The van der Waals surface area contributed by atoms with E-state index in [0.717, 1.165) is 3.57 Å². The van der Waals surface area contributed by atoms with Crippen molar-refractivity contribution in [1.82, 2.24) is 5.32 Å². The lowest BCUT2D eigenvalue weighted by Crippen LogP contribution is -2.34. The first-order valence-electron chi connectivity index (χ1n) is 5.82. The Hall–Kier alpha value is -0.690. The van der Waals surface area contributed by atoms with Crippen LogP contribution in [0.3, 0.4) is 0 Å². The third-order valence-corrected chi connectivity index (χ3v) is 3.05. The molecule has 0 heterocycles. The first-order valence-corrected chi connectivity index (χ1v) is 7.28. The molecule has 1 amide bonds. The van der Waals surface area contributed by atoms with Crippen molar-refractivity contribution in [3.05, 3.63) is 26.8 Å². The van der Waals surface area contributed by atoms with Crippen LogP contribution < -0.4 is 10.1 Å². The summed E-state index contributed by atoms with van der Waals surface area (Å²) >= 11 is 8.04. The van der Waals surface area contributed by atoms with Gasteiger partial charge in [-0.15, -0.1) is 0 Å². The third-order valence-electron chi connectivity index (χ3n) is 1.92. The van der Waals surface area contributed by atoms with Crippen LogP contribution in [-0.2, 0) is 4.74 Å². The molecule has 0 radical (unpaired) electrons. The number of halogens is 2. The van der Waals surface area contributed by atoms with Crippen molar-refractivity contribution in [2.24, 2.45) is 0 Å². The van der Waals surface area contributed by atoms with E-state index in [-0.39, 0.29) is 0 Å². The minimum atomic E-state index is -0.493. The summed E-state index contributed by atoms with van der Waals surface area (Å²) in [5, 5.41) is 3.24. The Labute approximate surface area is 131 Å². The van der Waals surface area contributed by atoms with Gasteiger partial charge in [0.2, 0.25) is 0 Å². The SMILES string of the molecule is CC(C)(C)OC(=O)NCCOc1cc(Cl)ccc1I. The summed E-state index contributed by atoms with van der Waals surface area (Å²) < 4.78 is 11.6. The summed E-state index contributed by atoms with van der Waals surface area (Å²) in [6.45, 7) is 6.18. The van der Waals surface area contributed by atoms with Crippen molar-refractivity contribution in [3.63, 3.8) is 0 Å². The molecule has 0 saturated carbocycles. The molecule has 106 valence electrons. The molecule has 4 nitrogen and oxygen atoms in total. The lowest BCUT2D eigenvalue weighted by Gasteiger charge is -2.19. The molecular weight excluding hydrogens is 381 g/mol. The molecule has 1 N–H and O–H groups in total. The van der Waals surface area contributed by atoms with Crippen molar-refractivity contribution in [2.45, 2.75) is 26.4 Å². The third kappa shape index (κ3) is 6.87. The fraction of sp³-hybridized carbons (Fsp3) is 0.462. The molecule has 0 atom stereocenters. The van der Waals surface area contributed by atoms with E-state index in [4.69, 9.17) is 21.1 Å². The number of amides is 1. The second-order valence-corrected chi connectivity index (χ2v) is 6.45. The molecule has 0 unspecified atom stereocenters. The van der Waals surface area contributed by atoms with Crippen LogP contribution in [0.15, 0.2) is 18.2 Å². The summed E-state index contributed by atoms with van der Waals surface area (Å²) in [6.07, 6.45) is -0.447. The number of ether oxygens (including phenoxy) is 2. The highest BCUT2D eigenvalue weighted by Crippen LogP contribution is 2.24. The number of hydrogen-bond acceptors (Lipinski definition) is 3. The van der Waals surface area contributed by atoms with Crippen molar-refractivity contribution in [3.8, 4) is 5.75 Å². The number of benzene rings is 1. The van der Waals surface area contributed by atoms with E-state index in [9.17, 15) is 4.79 Å². The van der Waals surface area contributed by atoms with Crippen LogP contribution in [0.25, 0.3) is 0 Å². The number of carbonyl (C=O) groups excluding carboxylic acids is 1. The Morgan fingerprint density at radius 1 is 1.42 bits per heavy atom. The highest BCUT2D eigenvalue weighted by Gasteiger charge is 2.15. The molecule has 0 aliphatic carbocycles. The first kappa shape index (κ1) is 16.4. The van der Waals surface area contributed by atoms with E-state index < -0.39 is 11.7 Å². The molecule has 6 heteroatoms. The van der Waals surface area contributed by atoms with Gasteiger partial charge in [0.05, 0.1) is 10.1 Å². The monoisotopic (exact) mass is 397 g/mol. The molecule has 0 bridgehead atoms. The lowest BCUT2D eigenvalue weighted by atomic mass is 10.2. The van der Waals surface area contributed by atoms with Crippen LogP contribution in [0.5, 0.6) is 5.75 Å². The van der Waals surface area contributed by atoms with Gasteiger partial charge < -0.3 is 14.8 Å². The number of rotatable bonds is 4. The number of alkyl carbamates (subject to hydrolysis) is 1. The maximum atomic E-state index is 11.4. The lowest BCUT2D eigenvalue weighted by molar-refractivity contribution is 0.0520. The quantitative estimate of drug-likeness (QED) is 0.620. The smallest absolute Gasteiger partial charge is 0.407 e. The second-order valence-electron chi connectivity index (χ2n) is 4.85. The van der Waals surface area contributed by atoms with Crippen molar-refractivity contribution >= 4 is 40.3 Å². The van der Waals surface area contributed by atoms with Crippen LogP contribution in [0, 0.1) is 3.57 Å². The van der Waals surface area contributed by atoms with E-state index in [0.29, 0.717) is 23.9 Å². The average Bonchev–Trinajstić information content (AvgIpc) is 2.26. The van der Waals surface area contributed by atoms with Gasteiger partial charge in [-0.3, -0.25) is 0 Å². The van der Waals surface area contributed by atoms with Gasteiger partial charge in [0, 0.05) is 5.02 Å². The van der Waals surface area contributed by atoms with E-state index >= 15 is 0 Å². The largest absolute Gasteiger partial charge is 0.491 e. The summed E-state index contributed by atoms with van der Waals surface area (Å²) in [4.78, 5) is 11.4. The molecule has 19 heavy (non-hydrogen) atoms. The van der Waals surface area contributed by atoms with Gasteiger partial charge in [0.15, 0.2) is 0 Å². The van der Waals surface area contributed by atoms with Gasteiger partial charge in [-0.25, -0.2) is 4.79 Å². The van der Waals surface area contributed by atoms with Gasteiger partial charge in [-0.1, -0.05) is 11.6 Å². The van der Waals surface area contributed by atoms with Crippen LogP contribution >= 0.6 is 34.2 Å². The van der Waals surface area contributed by atoms with Gasteiger partial charge in [-0.05, 0) is 61.6 Å². The van der Waals surface area contributed by atoms with E-state index in [1.165, 1.54) is 0 Å². The second kappa shape index (κ2) is 7.19. The summed E-state index contributed by atoms with van der Waals surface area (Å²) in [7, 11) is 0. The fourth-order valence-corrected chi connectivity index (χ4v) is 1.87. The minimum absolute atomic E-state index is 0.357. The standard InChI is InChI=1S/C13H17ClINO3/c1-13(2,3)19-12(17)16-6-7-18-11-8-9(14)4-5-10(11)15/h4-5,8H,6-7H2,1-3H3,(H,16,17). The van der Waals surface area contributed by atoms with Crippen LogP contribution in [0.4, 0.5) is 4.79 Å². The Bertz CT molecular complexity index is 446. The summed E-state index contributed by atoms with van der Waals surface area (Å²) in [5.74, 6) is 0.707. The molecular formula is C13H17ClINO3. The predicted octanol–water partition coefficient (Wildman–Crippen LogP) is 3.85. The maximum absolute atomic E-state index is 11.4. The zero-order chi connectivity index (χ0) is 14.5. The summed E-state index contributed by atoms with van der Waals surface area (Å²) in [5.41, 5.74) is -0.493. The van der Waals surface area contributed by atoms with Gasteiger partial charge in [-0.2, -0.15) is 0 Å². The number of hydrogen-bond donors (Lipinski definition) is 1. The number of carbonyl (C=O) groups is 1. The van der Waals surface area contributed by atoms with Crippen molar-refractivity contribution in [2.75, 3.05) is 13.2 Å². The molecule has 0 saturated heterocycles. The highest BCUT2D eigenvalue weighted by molar-refractivity contribution is 14.1. The fourth-order valence-electron chi connectivity index (χ4n) is 1.22. The van der Waals surface area contributed by atoms with Gasteiger partial charge in [0.1, 0.15) is 18.0 Å². The molecule has 1 aromatic rings. The minimum Gasteiger partial charge on any atom is -0.491 e. The Morgan fingerprint density at radius 2 is 2.11 bits per heavy atom. The first-order chi connectivity index (χ1) is 8.78. The Kier molecular flexibility index (Phi) is 6.19. The van der Waals surface area contributed by atoms with Crippen LogP contribution in [-0.4, -0.2) is 24.8 Å². The topological polar surface area (TPSA) is 47.6 Å². The van der Waals surface area contributed by atoms with Crippen molar-refractivity contribution in [1.29, 1.82) is 0 Å². The van der Waals surface area contributed by atoms with E-state index in [1.54, 1.807) is 12.1 Å². The Balaban J connectivity index is 2.31. The maximum Gasteiger partial charge on any atom is 0.407 e. The highest BCUT2D eigenvalue weighted by atomic mass is 127. The number of nitrogens with one attached hydrogen (secondary N) is 1. The molecule has 0 spiro atoms. The molecule has 0 aliphatic heterocycles. The summed E-state index contributed by atoms with van der Waals surface area (Å²) in [6, 6.07) is 5.42. The molecule has 0 aliphatic rings. The van der Waals surface area contributed by atoms with Gasteiger partial charge in [0.25, 0.3) is 0 Å². The molecule has 0 fully saturated rings. The normalized spacial score (nSPS) is 11.0. The zero-order valence-electron chi connectivity index (χ0n) is 11.1. The zero-order valence-corrected chi connectivity index (χ0v) is 14.0. The Morgan fingerprint density at radius 3 is 2.74 bits per heavy atom. The molecule has 1 aromatic carbocycles. The average molecular weight is 398 g/mol. The predicted molar refractivity (Wildman–Crippen MR) is 83.9 cm³/mol. The van der Waals surface area contributed by atoms with E-state index in [1.807, 2.05) is 26.8 Å². The van der Waals surface area contributed by atoms with Crippen molar-refractivity contribution < 1.29 is 14.3 Å². The van der Waals surface area contributed by atoms with Gasteiger partial charge >= 0.3 is 6.09 Å². The van der Waals surface area contributed by atoms with Crippen LogP contribution in [0.2, 0.25) is 5.02 Å². The molecule has 1 rings (SSSR count).